The van der Waals surface area contributed by atoms with Crippen LogP contribution in [-0.4, -0.2) is 86.4 Å². The fourth-order valence-corrected chi connectivity index (χ4v) is 8.55. The zero-order chi connectivity index (χ0) is 36.5. The summed E-state index contributed by atoms with van der Waals surface area (Å²) in [7, 11) is 3.30. The normalized spacial score (nSPS) is 23.6. The summed E-state index contributed by atoms with van der Waals surface area (Å²) in [5, 5.41) is 50.1. The highest BCUT2D eigenvalue weighted by Crippen LogP contribution is 2.53. The molecule has 13 nitrogen and oxygen atoms in total. The molecule has 3 aromatic rings. The van der Waals surface area contributed by atoms with Gasteiger partial charge in [0.05, 0.1) is 5.56 Å². The van der Waals surface area contributed by atoms with E-state index in [1.165, 1.54) is 12.1 Å². The van der Waals surface area contributed by atoms with Crippen LogP contribution in [0.1, 0.15) is 39.4 Å². The van der Waals surface area contributed by atoms with E-state index >= 15 is 0 Å². The molecule has 262 valence electrons. The average molecular weight is 711 g/mol. The summed E-state index contributed by atoms with van der Waals surface area (Å²) in [6, 6.07) is 17.7. The number of ether oxygens (including phenoxy) is 1. The summed E-state index contributed by atoms with van der Waals surface area (Å²) in [5.41, 5.74) is 6.02. The van der Waals surface area contributed by atoms with Crippen molar-refractivity contribution >= 4 is 46.6 Å². The van der Waals surface area contributed by atoms with Crippen molar-refractivity contribution in [2.75, 3.05) is 26.0 Å². The van der Waals surface area contributed by atoms with Crippen LogP contribution < -0.4 is 16.4 Å². The van der Waals surface area contributed by atoms with Crippen molar-refractivity contribution < 1.29 is 44.3 Å². The first kappa shape index (κ1) is 33.9. The quantitative estimate of drug-likeness (QED) is 0.115. The predicted molar refractivity (Wildman–Crippen MR) is 188 cm³/mol. The molecule has 2 amide bonds. The maximum absolute atomic E-state index is 14.1. The lowest BCUT2D eigenvalue weighted by Gasteiger charge is -2.52. The molecule has 3 aromatic carbocycles. The van der Waals surface area contributed by atoms with Gasteiger partial charge in [-0.05, 0) is 72.7 Å². The maximum atomic E-state index is 14.1. The number of rotatable bonds is 5. The van der Waals surface area contributed by atoms with Crippen LogP contribution in [0.2, 0.25) is 0 Å². The smallest absolute Gasteiger partial charge is 0.413 e. The number of anilines is 1. The molecule has 0 radical (unpaired) electrons. The number of hydrogen-bond acceptors (Lipinski definition) is 11. The second-order valence-corrected chi connectivity index (χ2v) is 13.7. The standard InChI is InChI=1S/C37H34N4O9S/c1-41(2)30-21-13-20-24(39-35(51)40-36(48)50-15-22-18-9-5-3-7-16(18)17-8-4-6-10-19(17)22)11-12-25(42)27(20)31(44)28(21)32(45)37(49)23(30)14-26(43)29(33(37)46)34(38)47/h3-12,21-23,30,42-43,45,49H,13-15H2,1-2H3,(H2,38,47)(H2,39,40,48,51)/t21?,23?,30-,37-/m0/s1. The van der Waals surface area contributed by atoms with Gasteiger partial charge in [0.1, 0.15) is 29.4 Å². The number of aliphatic hydroxyl groups excluding tert-OH is 2. The highest BCUT2D eigenvalue weighted by atomic mass is 32.1. The van der Waals surface area contributed by atoms with E-state index in [0.717, 1.165) is 22.3 Å². The Hall–Kier alpha value is -5.57. The topological polar surface area (TPSA) is 212 Å². The third-order valence-electron chi connectivity index (χ3n) is 10.5. The number of amides is 2. The lowest BCUT2D eigenvalue weighted by atomic mass is 9.57. The van der Waals surface area contributed by atoms with E-state index in [-0.39, 0.29) is 40.9 Å². The van der Waals surface area contributed by atoms with Gasteiger partial charge in [0.15, 0.2) is 16.5 Å². The van der Waals surface area contributed by atoms with Crippen molar-refractivity contribution in [2.24, 2.45) is 17.6 Å². The van der Waals surface area contributed by atoms with Crippen molar-refractivity contribution in [3.63, 3.8) is 0 Å². The molecule has 0 saturated carbocycles. The van der Waals surface area contributed by atoms with Gasteiger partial charge in [-0.2, -0.15) is 0 Å². The van der Waals surface area contributed by atoms with Crippen LogP contribution in [-0.2, 0) is 20.7 Å². The van der Waals surface area contributed by atoms with E-state index in [1.807, 2.05) is 48.5 Å². The van der Waals surface area contributed by atoms with Gasteiger partial charge >= 0.3 is 6.09 Å². The summed E-state index contributed by atoms with van der Waals surface area (Å²) < 4.78 is 5.60. The van der Waals surface area contributed by atoms with Crippen molar-refractivity contribution in [1.29, 1.82) is 0 Å². The van der Waals surface area contributed by atoms with Crippen LogP contribution in [0.4, 0.5) is 10.5 Å². The number of phenols is 1. The number of allylic oxidation sites excluding steroid dienone is 1. The van der Waals surface area contributed by atoms with E-state index < -0.39 is 76.3 Å². The number of carbonyl (C=O) groups is 4. The fraction of sp³-hybridized carbons (Fsp3) is 0.270. The summed E-state index contributed by atoms with van der Waals surface area (Å²) in [5.74, 6) is -7.70. The maximum Gasteiger partial charge on any atom is 0.413 e. The molecule has 0 fully saturated rings. The summed E-state index contributed by atoms with van der Waals surface area (Å²) in [6.07, 6.45) is -1.20. The van der Waals surface area contributed by atoms with E-state index in [1.54, 1.807) is 19.0 Å². The minimum Gasteiger partial charge on any atom is -0.511 e. The average Bonchev–Trinajstić information content (AvgIpc) is 3.40. The Morgan fingerprint density at radius 3 is 2.22 bits per heavy atom. The molecule has 4 aliphatic rings. The van der Waals surface area contributed by atoms with E-state index in [4.69, 9.17) is 22.7 Å². The molecule has 51 heavy (non-hydrogen) atoms. The lowest BCUT2D eigenvalue weighted by Crippen LogP contribution is -2.65. The van der Waals surface area contributed by atoms with Gasteiger partial charge in [0.2, 0.25) is 5.78 Å². The van der Waals surface area contributed by atoms with Crippen molar-refractivity contribution in [3.05, 3.63) is 106 Å². The van der Waals surface area contributed by atoms with Crippen LogP contribution in [0, 0.1) is 11.8 Å². The van der Waals surface area contributed by atoms with Crippen molar-refractivity contribution in [2.45, 2.75) is 30.4 Å². The monoisotopic (exact) mass is 710 g/mol. The second-order valence-electron chi connectivity index (χ2n) is 13.3. The third kappa shape index (κ3) is 5.17. The first-order chi connectivity index (χ1) is 24.2. The number of ketones is 2. The summed E-state index contributed by atoms with van der Waals surface area (Å²) in [4.78, 5) is 54.3. The predicted octanol–water partition coefficient (Wildman–Crippen LogP) is 3.36. The first-order valence-electron chi connectivity index (χ1n) is 16.2. The van der Waals surface area contributed by atoms with Crippen molar-refractivity contribution in [1.82, 2.24) is 10.2 Å². The molecule has 7 rings (SSSR count). The van der Waals surface area contributed by atoms with Gasteiger partial charge in [-0.1, -0.05) is 48.5 Å². The molecule has 14 heteroatoms. The molecule has 2 unspecified atom stereocenters. The van der Waals surface area contributed by atoms with Crippen LogP contribution in [0.25, 0.3) is 11.1 Å². The number of benzene rings is 3. The molecular weight excluding hydrogens is 676 g/mol. The van der Waals surface area contributed by atoms with E-state index in [2.05, 4.69) is 10.6 Å². The number of nitrogens with two attached hydrogens (primary N) is 1. The minimum absolute atomic E-state index is 0.00152. The number of aromatic hydroxyl groups is 1. The number of fused-ring (bicyclic) bond motifs is 6. The molecule has 0 saturated heterocycles. The number of nitrogens with one attached hydrogen (secondary N) is 2. The van der Waals surface area contributed by atoms with Gasteiger partial charge in [0.25, 0.3) is 5.91 Å². The number of alkyl carbamates (subject to hydrolysis) is 1. The van der Waals surface area contributed by atoms with E-state index in [9.17, 15) is 39.6 Å². The number of hydrogen-bond donors (Lipinski definition) is 7. The van der Waals surface area contributed by atoms with Gasteiger partial charge in [-0.25, -0.2) is 4.79 Å². The van der Waals surface area contributed by atoms with Crippen LogP contribution in [0.15, 0.2) is 83.3 Å². The van der Waals surface area contributed by atoms with E-state index in [0.29, 0.717) is 5.56 Å². The SMILES string of the molecule is CN(C)[C@H]1C2Cc3c(NC(=S)NC(=O)OCC4c5ccccc5-c5ccccc54)ccc(O)c3C(=O)C2=C(O)[C@]2(O)C(=O)C(C(N)=O)=C(O)CC12. The Balaban J connectivity index is 1.14. The molecule has 0 aromatic heterocycles. The van der Waals surface area contributed by atoms with Crippen LogP contribution >= 0.6 is 12.2 Å². The summed E-state index contributed by atoms with van der Waals surface area (Å²) in [6.45, 7) is 0.0550. The van der Waals surface area contributed by atoms with Gasteiger partial charge in [-0.15, -0.1) is 0 Å². The van der Waals surface area contributed by atoms with Crippen molar-refractivity contribution in [3.8, 4) is 16.9 Å². The molecule has 4 aliphatic carbocycles. The highest BCUT2D eigenvalue weighted by Gasteiger charge is 2.63. The zero-order valence-corrected chi connectivity index (χ0v) is 28.3. The Labute approximate surface area is 297 Å². The fourth-order valence-electron chi connectivity index (χ4n) is 8.36. The third-order valence-corrected chi connectivity index (χ3v) is 10.7. The Kier molecular flexibility index (Phi) is 8.20. The number of phenolic OH excluding ortho intramolecular Hbond substituents is 1. The molecule has 4 atom stereocenters. The molecule has 0 heterocycles. The first-order valence-corrected chi connectivity index (χ1v) is 16.6. The minimum atomic E-state index is -2.75. The number of nitrogens with zero attached hydrogens (tertiary/aromatic N) is 1. The molecule has 8 N–H and O–H groups in total. The van der Waals surface area contributed by atoms with Gasteiger partial charge < -0.3 is 41.1 Å². The molecule has 0 aliphatic heterocycles. The number of aliphatic hydroxyl groups is 3. The Morgan fingerprint density at radius 1 is 0.980 bits per heavy atom. The molecule has 0 bridgehead atoms. The van der Waals surface area contributed by atoms with Gasteiger partial charge in [-0.3, -0.25) is 19.7 Å². The largest absolute Gasteiger partial charge is 0.511 e. The number of Topliss-reactive ketones (excluding diaryl/α,β-unsaturated/α-hetero) is 2. The summed E-state index contributed by atoms with van der Waals surface area (Å²) >= 11 is 5.43. The number of primary amides is 1. The number of carbonyl (C=O) groups excluding carboxylic acids is 4. The Bertz CT molecular complexity index is 2100. The second kappa shape index (κ2) is 12.3. The number of thiocarbonyl (C=S) groups is 1. The molecule has 0 spiro atoms. The lowest BCUT2D eigenvalue weighted by molar-refractivity contribution is -0.149. The van der Waals surface area contributed by atoms with Crippen LogP contribution in [0.5, 0.6) is 5.75 Å². The van der Waals surface area contributed by atoms with Gasteiger partial charge in [0, 0.05) is 41.5 Å². The highest BCUT2D eigenvalue weighted by molar-refractivity contribution is 7.80. The van der Waals surface area contributed by atoms with Crippen LogP contribution in [0.3, 0.4) is 0 Å². The zero-order valence-electron chi connectivity index (χ0n) is 27.5. The molecular formula is C37H34N4O9S. The Morgan fingerprint density at radius 2 is 1.61 bits per heavy atom.